The first-order valence-electron chi connectivity index (χ1n) is 6.90. The zero-order valence-corrected chi connectivity index (χ0v) is 12.9. The minimum Gasteiger partial charge on any atom is -0.0683 e. The molecule has 0 saturated carbocycles. The fraction of sp³-hybridized carbons (Fsp3) is 1.00. The fourth-order valence-corrected chi connectivity index (χ4v) is 0.822. The van der Waals surface area contributed by atoms with E-state index in [9.17, 15) is 0 Å². The Bertz CT molecular complexity index is 79.3. The molecule has 0 aliphatic heterocycles. The zero-order chi connectivity index (χ0) is 12.9. The zero-order valence-electron chi connectivity index (χ0n) is 12.9. The van der Waals surface area contributed by atoms with Crippen LogP contribution in [-0.4, -0.2) is 0 Å². The maximum absolute atomic E-state index is 2.34. The summed E-state index contributed by atoms with van der Waals surface area (Å²) in [6.07, 6.45) is 4.15. The van der Waals surface area contributed by atoms with E-state index in [0.29, 0.717) is 0 Å². The molecule has 0 heteroatoms. The normalized spacial score (nSPS) is 11.4. The van der Waals surface area contributed by atoms with Crippen molar-refractivity contribution in [1.82, 2.24) is 0 Å². The Labute approximate surface area is 99.9 Å². The summed E-state index contributed by atoms with van der Waals surface area (Å²) in [4.78, 5) is 0. The molecule has 0 radical (unpaired) electrons. The highest BCUT2D eigenvalue weighted by atomic mass is 14.1. The van der Waals surface area contributed by atoms with Crippen molar-refractivity contribution in [3.05, 3.63) is 0 Å². The van der Waals surface area contributed by atoms with Gasteiger partial charge in [0.05, 0.1) is 0 Å². The van der Waals surface area contributed by atoms with E-state index in [2.05, 4.69) is 48.5 Å². The second-order valence-electron chi connectivity index (χ2n) is 5.22. The van der Waals surface area contributed by atoms with Gasteiger partial charge < -0.3 is 0 Å². The van der Waals surface area contributed by atoms with Crippen molar-refractivity contribution in [2.24, 2.45) is 17.8 Å². The van der Waals surface area contributed by atoms with Gasteiger partial charge in [0.1, 0.15) is 0 Å². The molecule has 0 aliphatic rings. The molecule has 15 heavy (non-hydrogen) atoms. The molecule has 0 fully saturated rings. The molecule has 0 heterocycles. The molecule has 0 nitrogen and oxygen atoms in total. The van der Waals surface area contributed by atoms with E-state index in [-0.39, 0.29) is 0 Å². The molecular weight excluding hydrogens is 180 g/mol. The van der Waals surface area contributed by atoms with Gasteiger partial charge in [-0.3, -0.25) is 0 Å². The Morgan fingerprint density at radius 2 is 1.07 bits per heavy atom. The molecule has 0 aliphatic carbocycles. The molecule has 0 aromatic heterocycles. The van der Waals surface area contributed by atoms with E-state index < -0.39 is 0 Å². The molecule has 0 aromatic carbocycles. The van der Waals surface area contributed by atoms with E-state index in [4.69, 9.17) is 0 Å². The van der Waals surface area contributed by atoms with Gasteiger partial charge in [0.2, 0.25) is 0 Å². The number of rotatable bonds is 4. The maximum atomic E-state index is 2.34. The minimum atomic E-state index is 0.833. The molecular formula is C15H36. The highest BCUT2D eigenvalue weighted by Crippen LogP contribution is 2.13. The third kappa shape index (κ3) is 41.1. The summed E-state index contributed by atoms with van der Waals surface area (Å²) in [7, 11) is 0. The summed E-state index contributed by atoms with van der Waals surface area (Å²) in [6, 6.07) is 0. The largest absolute Gasteiger partial charge is 0.0683 e. The second kappa shape index (κ2) is 16.4. The van der Waals surface area contributed by atoms with Crippen LogP contribution in [0.5, 0.6) is 0 Å². The van der Waals surface area contributed by atoms with Crippen molar-refractivity contribution < 1.29 is 0 Å². The molecule has 0 spiro atoms. The van der Waals surface area contributed by atoms with Gasteiger partial charge in [-0.1, -0.05) is 81.6 Å². The van der Waals surface area contributed by atoms with Gasteiger partial charge in [0.15, 0.2) is 0 Å². The van der Waals surface area contributed by atoms with Crippen molar-refractivity contribution in [3.63, 3.8) is 0 Å². The van der Waals surface area contributed by atoms with Crippen LogP contribution in [0.3, 0.4) is 0 Å². The topological polar surface area (TPSA) is 0 Å². The van der Waals surface area contributed by atoms with Crippen LogP contribution in [0.15, 0.2) is 0 Å². The number of hydrogen-bond acceptors (Lipinski definition) is 0. The molecule has 1 unspecified atom stereocenters. The first-order valence-corrected chi connectivity index (χ1v) is 6.90. The summed E-state index contributed by atoms with van der Waals surface area (Å²) in [5.41, 5.74) is 0. The minimum absolute atomic E-state index is 0.833. The van der Waals surface area contributed by atoms with E-state index in [0.717, 1.165) is 17.8 Å². The van der Waals surface area contributed by atoms with E-state index in [1.807, 2.05) is 13.8 Å². The van der Waals surface area contributed by atoms with E-state index >= 15 is 0 Å². The Morgan fingerprint density at radius 3 is 1.27 bits per heavy atom. The molecule has 0 N–H and O–H groups in total. The second-order valence-corrected chi connectivity index (χ2v) is 5.22. The molecule has 0 aromatic rings. The number of hydrogen-bond donors (Lipinski definition) is 0. The van der Waals surface area contributed by atoms with Crippen LogP contribution >= 0.6 is 0 Å². The van der Waals surface area contributed by atoms with Crippen LogP contribution in [0.2, 0.25) is 0 Å². The predicted molar refractivity (Wildman–Crippen MR) is 75.4 cm³/mol. The summed E-state index contributed by atoms with van der Waals surface area (Å²) in [5, 5.41) is 0. The van der Waals surface area contributed by atoms with Crippen molar-refractivity contribution in [3.8, 4) is 0 Å². The molecule has 0 amide bonds. The Kier molecular flexibility index (Phi) is 22.4. The average Bonchev–Trinajstić information content (AvgIpc) is 2.16. The van der Waals surface area contributed by atoms with Gasteiger partial charge in [0, 0.05) is 0 Å². The van der Waals surface area contributed by atoms with E-state index in [1.54, 1.807) is 0 Å². The van der Waals surface area contributed by atoms with Gasteiger partial charge >= 0.3 is 0 Å². The molecule has 0 rings (SSSR count). The Morgan fingerprint density at radius 1 is 0.733 bits per heavy atom. The van der Waals surface area contributed by atoms with Crippen molar-refractivity contribution >= 4 is 0 Å². The van der Waals surface area contributed by atoms with Gasteiger partial charge in [0.25, 0.3) is 0 Å². The Balaban J connectivity index is -0.000000202. The molecule has 1 atom stereocenters. The summed E-state index contributed by atoms with van der Waals surface area (Å²) in [6.45, 7) is 19.7. The van der Waals surface area contributed by atoms with Crippen LogP contribution in [0.4, 0.5) is 0 Å². The van der Waals surface area contributed by atoms with Gasteiger partial charge in [-0.05, 0) is 17.8 Å². The first-order chi connectivity index (χ1) is 6.90. The lowest BCUT2D eigenvalue weighted by molar-refractivity contribution is 0.441. The third-order valence-corrected chi connectivity index (χ3v) is 1.93. The average molecular weight is 216 g/mol. The van der Waals surface area contributed by atoms with Gasteiger partial charge in [-0.25, -0.2) is 0 Å². The summed E-state index contributed by atoms with van der Waals surface area (Å²) in [5.74, 6) is 2.66. The lowest BCUT2D eigenvalue weighted by Gasteiger charge is -2.09. The highest BCUT2D eigenvalue weighted by molar-refractivity contribution is 4.52. The predicted octanol–water partition coefficient (Wildman–Crippen LogP) is 6.16. The van der Waals surface area contributed by atoms with Crippen LogP contribution in [0.25, 0.3) is 0 Å². The van der Waals surface area contributed by atoms with Crippen LogP contribution in [-0.2, 0) is 0 Å². The molecule has 0 saturated heterocycles. The van der Waals surface area contributed by atoms with Crippen LogP contribution < -0.4 is 0 Å². The summed E-state index contributed by atoms with van der Waals surface area (Å²) < 4.78 is 0. The van der Waals surface area contributed by atoms with Crippen molar-refractivity contribution in [2.45, 2.75) is 81.6 Å². The standard InChI is InChI=1S/C9H20.C4H10.C2H6/c1-5-9(4)7-6-8(2)3;1-4(2)3;1-2/h8-9H,5-7H2,1-4H3;4H,1-3H3;1-2H3. The quantitative estimate of drug-likeness (QED) is 0.528. The van der Waals surface area contributed by atoms with Crippen LogP contribution in [0, 0.1) is 17.8 Å². The monoisotopic (exact) mass is 216 g/mol. The van der Waals surface area contributed by atoms with Gasteiger partial charge in [-0.2, -0.15) is 0 Å². The SMILES string of the molecule is CC.CC(C)C.CCC(C)CCC(C)C. The van der Waals surface area contributed by atoms with Gasteiger partial charge in [-0.15, -0.1) is 0 Å². The van der Waals surface area contributed by atoms with Crippen molar-refractivity contribution in [1.29, 1.82) is 0 Å². The summed E-state index contributed by atoms with van der Waals surface area (Å²) >= 11 is 0. The lowest BCUT2D eigenvalue weighted by atomic mass is 9.98. The maximum Gasteiger partial charge on any atom is -0.0445 e. The van der Waals surface area contributed by atoms with Crippen molar-refractivity contribution in [2.75, 3.05) is 0 Å². The molecule has 96 valence electrons. The fourth-order valence-electron chi connectivity index (χ4n) is 0.822. The highest BCUT2D eigenvalue weighted by Gasteiger charge is 1.99. The Hall–Kier alpha value is 0. The van der Waals surface area contributed by atoms with Crippen LogP contribution in [0.1, 0.15) is 81.6 Å². The van der Waals surface area contributed by atoms with E-state index in [1.165, 1.54) is 19.3 Å². The molecule has 0 bridgehead atoms. The smallest absolute Gasteiger partial charge is 0.0445 e. The lowest BCUT2D eigenvalue weighted by Crippen LogP contribution is -1.95. The first kappa shape index (κ1) is 20.4. The third-order valence-electron chi connectivity index (χ3n) is 1.93.